The number of ether oxygens (including phenoxy) is 1. The Morgan fingerprint density at radius 2 is 1.92 bits per heavy atom. The van der Waals surface area contributed by atoms with E-state index in [0.717, 1.165) is 11.4 Å². The van der Waals surface area contributed by atoms with E-state index in [1.54, 1.807) is 7.11 Å². The van der Waals surface area contributed by atoms with Gasteiger partial charge in [-0.2, -0.15) is 0 Å². The Morgan fingerprint density at radius 1 is 1.31 bits per heavy atom. The summed E-state index contributed by atoms with van der Waals surface area (Å²) in [5.74, 6) is 0.761. The van der Waals surface area contributed by atoms with Gasteiger partial charge in [0.2, 0.25) is 0 Å². The molecule has 0 saturated carbocycles. The van der Waals surface area contributed by atoms with Gasteiger partial charge in [-0.3, -0.25) is 0 Å². The monoisotopic (exact) mass is 181 g/mol. The van der Waals surface area contributed by atoms with Gasteiger partial charge in [-0.25, -0.2) is 0 Å². The van der Waals surface area contributed by atoms with Crippen LogP contribution in [0.25, 0.3) is 0 Å². The normalized spacial score (nSPS) is 9.85. The van der Waals surface area contributed by atoms with E-state index < -0.39 is 0 Å². The zero-order valence-electron chi connectivity index (χ0n) is 8.22. The van der Waals surface area contributed by atoms with Crippen LogP contribution >= 0.6 is 0 Å². The van der Waals surface area contributed by atoms with E-state index >= 15 is 0 Å². The minimum absolute atomic E-state index is 0.0845. The Kier molecular flexibility index (Phi) is 3.14. The summed E-state index contributed by atoms with van der Waals surface area (Å²) in [6, 6.07) is 3.91. The van der Waals surface area contributed by atoms with E-state index in [4.69, 9.17) is 9.84 Å². The number of benzene rings is 1. The van der Waals surface area contributed by atoms with E-state index in [9.17, 15) is 0 Å². The average molecular weight is 181 g/mol. The Hall–Kier alpha value is -1.22. The lowest BCUT2D eigenvalue weighted by molar-refractivity contribution is 0.324. The van der Waals surface area contributed by atoms with Gasteiger partial charge in [-0.1, -0.05) is 0 Å². The Balaban J connectivity index is 3.09. The van der Waals surface area contributed by atoms with E-state index in [1.165, 1.54) is 11.1 Å². The molecule has 1 rings (SSSR count). The predicted molar refractivity (Wildman–Crippen MR) is 53.2 cm³/mol. The topological polar surface area (TPSA) is 41.5 Å². The number of anilines is 1. The summed E-state index contributed by atoms with van der Waals surface area (Å²) < 4.78 is 5.16. The maximum absolute atomic E-state index is 8.73. The lowest BCUT2D eigenvalue weighted by Crippen LogP contribution is -2.02. The van der Waals surface area contributed by atoms with Gasteiger partial charge >= 0.3 is 0 Å². The van der Waals surface area contributed by atoms with Gasteiger partial charge in [0.05, 0.1) is 12.8 Å². The van der Waals surface area contributed by atoms with Gasteiger partial charge in [-0.15, -0.1) is 0 Å². The average Bonchev–Trinajstić information content (AvgIpc) is 2.11. The molecule has 1 aromatic rings. The van der Waals surface area contributed by atoms with Crippen LogP contribution in [0.2, 0.25) is 0 Å². The lowest BCUT2D eigenvalue weighted by atomic mass is 10.1. The van der Waals surface area contributed by atoms with Crippen LogP contribution in [0.1, 0.15) is 11.1 Å². The van der Waals surface area contributed by atoms with Crippen molar-refractivity contribution in [2.45, 2.75) is 13.8 Å². The van der Waals surface area contributed by atoms with Crippen molar-refractivity contribution >= 4 is 5.69 Å². The largest absolute Gasteiger partial charge is 0.495 e. The molecule has 0 radical (unpaired) electrons. The van der Waals surface area contributed by atoms with Crippen molar-refractivity contribution in [3.05, 3.63) is 23.3 Å². The van der Waals surface area contributed by atoms with Crippen molar-refractivity contribution in [1.82, 2.24) is 0 Å². The molecule has 0 atom stereocenters. The van der Waals surface area contributed by atoms with E-state index in [2.05, 4.69) is 5.32 Å². The molecule has 3 nitrogen and oxygen atoms in total. The second-order valence-corrected chi connectivity index (χ2v) is 2.97. The summed E-state index contributed by atoms with van der Waals surface area (Å²) in [5, 5.41) is 11.6. The van der Waals surface area contributed by atoms with Crippen molar-refractivity contribution in [3.63, 3.8) is 0 Å². The molecule has 0 aromatic heterocycles. The van der Waals surface area contributed by atoms with Gasteiger partial charge in [0.1, 0.15) is 12.5 Å². The Morgan fingerprint density at radius 3 is 2.46 bits per heavy atom. The third-order valence-corrected chi connectivity index (χ3v) is 2.09. The molecule has 72 valence electrons. The molecule has 0 spiro atoms. The first kappa shape index (κ1) is 9.86. The molecule has 1 aromatic carbocycles. The molecule has 0 heterocycles. The summed E-state index contributed by atoms with van der Waals surface area (Å²) in [5.41, 5.74) is 3.19. The molecule has 3 heteroatoms. The van der Waals surface area contributed by atoms with E-state index in [-0.39, 0.29) is 6.73 Å². The highest BCUT2D eigenvalue weighted by atomic mass is 16.5. The predicted octanol–water partition coefficient (Wildman–Crippen LogP) is 1.67. The molecule has 0 saturated heterocycles. The van der Waals surface area contributed by atoms with E-state index in [1.807, 2.05) is 26.0 Å². The molecule has 0 aliphatic heterocycles. The molecule has 13 heavy (non-hydrogen) atoms. The number of nitrogens with one attached hydrogen (secondary N) is 1. The molecular weight excluding hydrogens is 166 g/mol. The maximum Gasteiger partial charge on any atom is 0.142 e. The molecule has 0 aliphatic rings. The number of aliphatic hydroxyl groups is 1. The number of hydrogen-bond donors (Lipinski definition) is 2. The third kappa shape index (κ3) is 2.12. The van der Waals surface area contributed by atoms with E-state index in [0.29, 0.717) is 0 Å². The zero-order valence-corrected chi connectivity index (χ0v) is 8.22. The van der Waals surface area contributed by atoms with Crippen molar-refractivity contribution in [1.29, 1.82) is 0 Å². The number of methoxy groups -OCH3 is 1. The molecule has 0 aliphatic carbocycles. The van der Waals surface area contributed by atoms with Gasteiger partial charge in [-0.05, 0) is 37.1 Å². The summed E-state index contributed by atoms with van der Waals surface area (Å²) >= 11 is 0. The second kappa shape index (κ2) is 4.14. The Labute approximate surface area is 78.3 Å². The number of aryl methyl sites for hydroxylation is 2. The van der Waals surface area contributed by atoms with Crippen LogP contribution in [0.15, 0.2) is 12.1 Å². The van der Waals surface area contributed by atoms with Crippen molar-refractivity contribution in [2.75, 3.05) is 19.2 Å². The summed E-state index contributed by atoms with van der Waals surface area (Å²) in [6.45, 7) is 3.97. The fraction of sp³-hybridized carbons (Fsp3) is 0.400. The SMILES string of the molecule is COc1cc(C)c(C)cc1NCO. The zero-order chi connectivity index (χ0) is 9.84. The number of hydrogen-bond acceptors (Lipinski definition) is 3. The highest BCUT2D eigenvalue weighted by molar-refractivity contribution is 5.59. The van der Waals surface area contributed by atoms with Crippen molar-refractivity contribution in [3.8, 4) is 5.75 Å². The maximum atomic E-state index is 8.73. The first-order chi connectivity index (χ1) is 6.19. The number of aliphatic hydroxyl groups excluding tert-OH is 1. The second-order valence-electron chi connectivity index (χ2n) is 2.97. The third-order valence-electron chi connectivity index (χ3n) is 2.09. The Bertz CT molecular complexity index is 297. The van der Waals surface area contributed by atoms with Crippen LogP contribution in [0, 0.1) is 13.8 Å². The van der Waals surface area contributed by atoms with Gasteiger partial charge in [0, 0.05) is 0 Å². The van der Waals surface area contributed by atoms with Crippen LogP contribution < -0.4 is 10.1 Å². The minimum Gasteiger partial charge on any atom is -0.495 e. The van der Waals surface area contributed by atoms with Crippen LogP contribution in [0.4, 0.5) is 5.69 Å². The van der Waals surface area contributed by atoms with Crippen LogP contribution in [0.5, 0.6) is 5.75 Å². The fourth-order valence-corrected chi connectivity index (χ4v) is 1.18. The lowest BCUT2D eigenvalue weighted by Gasteiger charge is -2.11. The molecular formula is C10H15NO2. The van der Waals surface area contributed by atoms with Crippen LogP contribution in [-0.2, 0) is 0 Å². The summed E-state index contributed by atoms with van der Waals surface area (Å²) in [6.07, 6.45) is 0. The number of rotatable bonds is 3. The smallest absolute Gasteiger partial charge is 0.142 e. The van der Waals surface area contributed by atoms with Crippen molar-refractivity contribution in [2.24, 2.45) is 0 Å². The molecule has 0 unspecified atom stereocenters. The quantitative estimate of drug-likeness (QED) is 0.697. The molecule has 0 bridgehead atoms. The van der Waals surface area contributed by atoms with Gasteiger partial charge < -0.3 is 15.2 Å². The highest BCUT2D eigenvalue weighted by Gasteiger charge is 2.04. The van der Waals surface area contributed by atoms with Gasteiger partial charge in [0.25, 0.3) is 0 Å². The minimum atomic E-state index is -0.0845. The molecule has 0 fully saturated rings. The molecule has 0 amide bonds. The standard InChI is InChI=1S/C10H15NO2/c1-7-4-9(11-6-12)10(13-3)5-8(7)2/h4-5,11-12H,6H2,1-3H3. The first-order valence-corrected chi connectivity index (χ1v) is 4.19. The van der Waals surface area contributed by atoms with Crippen LogP contribution in [0.3, 0.4) is 0 Å². The summed E-state index contributed by atoms with van der Waals surface area (Å²) in [4.78, 5) is 0. The van der Waals surface area contributed by atoms with Gasteiger partial charge in [0.15, 0.2) is 0 Å². The molecule has 2 N–H and O–H groups in total. The van der Waals surface area contributed by atoms with Crippen LogP contribution in [-0.4, -0.2) is 18.9 Å². The summed E-state index contributed by atoms with van der Waals surface area (Å²) in [7, 11) is 1.62. The highest BCUT2D eigenvalue weighted by Crippen LogP contribution is 2.27. The van der Waals surface area contributed by atoms with Crippen molar-refractivity contribution < 1.29 is 9.84 Å². The fourth-order valence-electron chi connectivity index (χ4n) is 1.18. The first-order valence-electron chi connectivity index (χ1n) is 4.19.